The van der Waals surface area contributed by atoms with Gasteiger partial charge in [-0.25, -0.2) is 13.6 Å². The van der Waals surface area contributed by atoms with E-state index in [0.717, 1.165) is 17.0 Å². The Morgan fingerprint density at radius 1 is 1.38 bits per heavy atom. The van der Waals surface area contributed by atoms with Gasteiger partial charge in [-0.15, -0.1) is 0 Å². The number of nitrogens with one attached hydrogen (secondary N) is 1. The highest BCUT2D eigenvalue weighted by molar-refractivity contribution is 5.90. The normalized spacial score (nSPS) is 20.0. The third kappa shape index (κ3) is 2.88. The number of azide groups is 1. The van der Waals surface area contributed by atoms with Crippen LogP contribution in [0.4, 0.5) is 25.0 Å². The SMILES string of the molecule is [N-]=[N+]=NC[C@@H]1CN(c2cc(F)c(N3CNC(=O)C3)c(F)c2)C(=O)O1. The van der Waals surface area contributed by atoms with E-state index in [4.69, 9.17) is 10.3 Å². The number of halogens is 2. The number of amides is 2. The Balaban J connectivity index is 1.84. The molecule has 2 fully saturated rings. The summed E-state index contributed by atoms with van der Waals surface area (Å²) in [5.41, 5.74) is 7.92. The van der Waals surface area contributed by atoms with Crippen molar-refractivity contribution in [3.63, 3.8) is 0 Å². The zero-order valence-corrected chi connectivity index (χ0v) is 12.3. The number of nitrogens with zero attached hydrogens (tertiary/aromatic N) is 5. The van der Waals surface area contributed by atoms with Crippen molar-refractivity contribution >= 4 is 23.4 Å². The Kier molecular flexibility index (Phi) is 4.09. The van der Waals surface area contributed by atoms with Crippen LogP contribution in [-0.4, -0.2) is 44.4 Å². The molecule has 0 bridgehead atoms. The van der Waals surface area contributed by atoms with Crippen molar-refractivity contribution in [2.24, 2.45) is 5.11 Å². The molecule has 1 atom stereocenters. The van der Waals surface area contributed by atoms with Crippen molar-refractivity contribution in [1.29, 1.82) is 0 Å². The first-order valence-corrected chi connectivity index (χ1v) is 6.99. The van der Waals surface area contributed by atoms with Gasteiger partial charge in [0.15, 0.2) is 11.6 Å². The van der Waals surface area contributed by atoms with Crippen molar-refractivity contribution in [1.82, 2.24) is 5.32 Å². The summed E-state index contributed by atoms with van der Waals surface area (Å²) in [5, 5.41) is 5.76. The molecule has 1 N–H and O–H groups in total. The van der Waals surface area contributed by atoms with E-state index in [-0.39, 0.29) is 43.6 Å². The van der Waals surface area contributed by atoms with Crippen molar-refractivity contribution in [3.05, 3.63) is 34.2 Å². The number of carbonyl (C=O) groups is 2. The van der Waals surface area contributed by atoms with Gasteiger partial charge >= 0.3 is 6.09 Å². The van der Waals surface area contributed by atoms with Crippen molar-refractivity contribution in [2.45, 2.75) is 6.10 Å². The van der Waals surface area contributed by atoms with Crippen LogP contribution in [0, 0.1) is 11.6 Å². The fraction of sp³-hybridized carbons (Fsp3) is 0.385. The molecule has 2 heterocycles. The van der Waals surface area contributed by atoms with Gasteiger partial charge in [0.25, 0.3) is 0 Å². The topological polar surface area (TPSA) is 111 Å². The van der Waals surface area contributed by atoms with E-state index >= 15 is 0 Å². The minimum Gasteiger partial charge on any atom is -0.444 e. The zero-order chi connectivity index (χ0) is 17.3. The van der Waals surface area contributed by atoms with Gasteiger partial charge < -0.3 is 15.0 Å². The van der Waals surface area contributed by atoms with Crippen molar-refractivity contribution < 1.29 is 23.1 Å². The van der Waals surface area contributed by atoms with Crippen LogP contribution in [0.2, 0.25) is 0 Å². The van der Waals surface area contributed by atoms with E-state index in [0.29, 0.717) is 0 Å². The smallest absolute Gasteiger partial charge is 0.414 e. The number of anilines is 2. The summed E-state index contributed by atoms with van der Waals surface area (Å²) in [6, 6.07) is 2.00. The van der Waals surface area contributed by atoms with Crippen LogP contribution in [0.15, 0.2) is 17.2 Å². The fourth-order valence-electron chi connectivity index (χ4n) is 2.59. The van der Waals surface area contributed by atoms with Crippen LogP contribution < -0.4 is 15.1 Å². The largest absolute Gasteiger partial charge is 0.444 e. The number of rotatable bonds is 4. The lowest BCUT2D eigenvalue weighted by Gasteiger charge is -2.20. The summed E-state index contributed by atoms with van der Waals surface area (Å²) in [6.45, 7) is -0.192. The molecule has 0 spiro atoms. The lowest BCUT2D eigenvalue weighted by Crippen LogP contribution is -2.27. The average Bonchev–Trinajstić information content (AvgIpc) is 3.10. The van der Waals surface area contributed by atoms with E-state index in [1.165, 1.54) is 4.90 Å². The third-order valence-corrected chi connectivity index (χ3v) is 3.65. The van der Waals surface area contributed by atoms with Gasteiger partial charge in [0, 0.05) is 17.0 Å². The Morgan fingerprint density at radius 2 is 2.08 bits per heavy atom. The minimum atomic E-state index is -0.896. The summed E-state index contributed by atoms with van der Waals surface area (Å²) in [6.07, 6.45) is -1.46. The number of hydrogen-bond donors (Lipinski definition) is 1. The van der Waals surface area contributed by atoms with Crippen molar-refractivity contribution in [3.8, 4) is 0 Å². The second-order valence-electron chi connectivity index (χ2n) is 5.24. The Labute approximate surface area is 134 Å². The van der Waals surface area contributed by atoms with E-state index < -0.39 is 23.8 Å². The molecule has 11 heteroatoms. The molecule has 9 nitrogen and oxygen atoms in total. The summed E-state index contributed by atoms with van der Waals surface area (Å²) in [4.78, 5) is 27.9. The van der Waals surface area contributed by atoms with E-state index in [2.05, 4.69) is 15.3 Å². The molecule has 2 saturated heterocycles. The molecular formula is C13H12F2N6O3. The van der Waals surface area contributed by atoms with Gasteiger partial charge in [0.05, 0.1) is 32.0 Å². The van der Waals surface area contributed by atoms with Gasteiger partial charge in [-0.3, -0.25) is 9.69 Å². The molecule has 1 aromatic rings. The first-order chi connectivity index (χ1) is 11.5. The molecule has 1 aromatic carbocycles. The number of ether oxygens (including phenoxy) is 1. The summed E-state index contributed by atoms with van der Waals surface area (Å²) >= 11 is 0. The first kappa shape index (κ1) is 15.8. The number of cyclic esters (lactones) is 1. The molecule has 126 valence electrons. The van der Waals surface area contributed by atoms with Crippen LogP contribution in [0.25, 0.3) is 10.4 Å². The molecule has 2 aliphatic rings. The van der Waals surface area contributed by atoms with Gasteiger partial charge in [0.2, 0.25) is 5.91 Å². The maximum absolute atomic E-state index is 14.3. The minimum absolute atomic E-state index is 0.00597. The lowest BCUT2D eigenvalue weighted by molar-refractivity contribution is -0.118. The number of carbonyl (C=O) groups excluding carboxylic acids is 2. The Bertz CT molecular complexity index is 728. The van der Waals surface area contributed by atoms with Crippen LogP contribution in [-0.2, 0) is 9.53 Å². The second kappa shape index (κ2) is 6.20. The molecule has 0 aliphatic carbocycles. The predicted molar refractivity (Wildman–Crippen MR) is 78.3 cm³/mol. The van der Waals surface area contributed by atoms with Crippen LogP contribution in [0.3, 0.4) is 0 Å². The van der Waals surface area contributed by atoms with E-state index in [1.807, 2.05) is 0 Å². The average molecular weight is 338 g/mol. The third-order valence-electron chi connectivity index (χ3n) is 3.65. The predicted octanol–water partition coefficient (Wildman–Crippen LogP) is 1.49. The molecule has 0 radical (unpaired) electrons. The maximum atomic E-state index is 14.3. The molecule has 0 unspecified atom stereocenters. The molecular weight excluding hydrogens is 326 g/mol. The molecule has 2 amide bonds. The summed E-state index contributed by atoms with van der Waals surface area (Å²) in [7, 11) is 0. The second-order valence-corrected chi connectivity index (χ2v) is 5.24. The molecule has 2 aliphatic heterocycles. The number of benzene rings is 1. The van der Waals surface area contributed by atoms with Crippen LogP contribution in [0.5, 0.6) is 0 Å². The highest BCUT2D eigenvalue weighted by Crippen LogP contribution is 2.31. The highest BCUT2D eigenvalue weighted by atomic mass is 19.1. The van der Waals surface area contributed by atoms with Crippen LogP contribution in [0.1, 0.15) is 0 Å². The first-order valence-electron chi connectivity index (χ1n) is 6.99. The van der Waals surface area contributed by atoms with Gasteiger partial charge in [-0.2, -0.15) is 0 Å². The van der Waals surface area contributed by atoms with E-state index in [9.17, 15) is 18.4 Å². The van der Waals surface area contributed by atoms with Crippen LogP contribution >= 0.6 is 0 Å². The monoisotopic (exact) mass is 338 g/mol. The summed E-state index contributed by atoms with van der Waals surface area (Å²) in [5.74, 6) is -2.12. The standard InChI is InChI=1S/C13H12F2N6O3/c14-9-1-7(21-4-8(3-18-19-16)24-13(21)23)2-10(15)12(9)20-5-11(22)17-6-20/h1-2,8H,3-6H2,(H,17,22)/t8-/m1/s1. The Hall–Kier alpha value is -3.07. The lowest BCUT2D eigenvalue weighted by atomic mass is 10.2. The van der Waals surface area contributed by atoms with Gasteiger partial charge in [-0.1, -0.05) is 5.11 Å². The fourth-order valence-corrected chi connectivity index (χ4v) is 2.59. The Morgan fingerprint density at radius 3 is 2.67 bits per heavy atom. The molecule has 24 heavy (non-hydrogen) atoms. The molecule has 0 saturated carbocycles. The maximum Gasteiger partial charge on any atom is 0.414 e. The quantitative estimate of drug-likeness (QED) is 0.509. The van der Waals surface area contributed by atoms with Gasteiger partial charge in [0.1, 0.15) is 11.8 Å². The molecule has 0 aromatic heterocycles. The van der Waals surface area contributed by atoms with E-state index in [1.54, 1.807) is 0 Å². The zero-order valence-electron chi connectivity index (χ0n) is 12.3. The number of hydrogen-bond acceptors (Lipinski definition) is 5. The highest BCUT2D eigenvalue weighted by Gasteiger charge is 2.33. The van der Waals surface area contributed by atoms with Gasteiger partial charge in [-0.05, 0) is 5.53 Å². The molecule has 3 rings (SSSR count). The van der Waals surface area contributed by atoms with Crippen molar-refractivity contribution in [2.75, 3.05) is 36.1 Å². The summed E-state index contributed by atoms with van der Waals surface area (Å²) < 4.78 is 33.6.